The molecule has 2 rings (SSSR count). The van der Waals surface area contributed by atoms with E-state index in [1.165, 1.54) is 37.8 Å². The molecule has 1 aromatic rings. The lowest BCUT2D eigenvalue weighted by Crippen LogP contribution is -2.25. The van der Waals surface area contributed by atoms with E-state index in [0.717, 1.165) is 0 Å². The maximum absolute atomic E-state index is 3.57. The van der Waals surface area contributed by atoms with Crippen molar-refractivity contribution in [1.29, 1.82) is 0 Å². The first-order valence-corrected chi connectivity index (χ1v) is 5.92. The standard InChI is InChI=1S/C14H19N/c1-3-7-13(8-4-1)10-11-14-9-5-2-6-12-15-14/h1,3-4,7-8,10-11,14-15H,2,5-6,9,12H2/b11-10+. The molecule has 0 spiro atoms. The first-order valence-electron chi connectivity index (χ1n) is 5.92. The lowest BCUT2D eigenvalue weighted by molar-refractivity contribution is 0.599. The van der Waals surface area contributed by atoms with E-state index in [2.05, 4.69) is 47.8 Å². The van der Waals surface area contributed by atoms with Crippen LogP contribution in [-0.4, -0.2) is 12.6 Å². The fraction of sp³-hybridized carbons (Fsp3) is 0.429. The van der Waals surface area contributed by atoms with Crippen molar-refractivity contribution >= 4 is 6.08 Å². The normalized spacial score (nSPS) is 22.8. The van der Waals surface area contributed by atoms with Gasteiger partial charge in [-0.05, 0) is 24.9 Å². The molecule has 0 aromatic heterocycles. The van der Waals surface area contributed by atoms with E-state index in [4.69, 9.17) is 0 Å². The molecule has 1 aliphatic heterocycles. The second-order valence-corrected chi connectivity index (χ2v) is 4.18. The van der Waals surface area contributed by atoms with Crippen LogP contribution >= 0.6 is 0 Å². The van der Waals surface area contributed by atoms with Gasteiger partial charge in [0.05, 0.1) is 0 Å². The molecule has 1 heteroatoms. The Labute approximate surface area is 92.2 Å². The van der Waals surface area contributed by atoms with Crippen LogP contribution in [0.15, 0.2) is 36.4 Å². The summed E-state index contributed by atoms with van der Waals surface area (Å²) in [6.07, 6.45) is 9.88. The maximum Gasteiger partial charge on any atom is 0.0253 e. The molecule has 1 aromatic carbocycles. The summed E-state index contributed by atoms with van der Waals surface area (Å²) in [7, 11) is 0. The molecule has 1 nitrogen and oxygen atoms in total. The Hall–Kier alpha value is -1.08. The molecular weight excluding hydrogens is 182 g/mol. The van der Waals surface area contributed by atoms with Crippen molar-refractivity contribution in [2.75, 3.05) is 6.54 Å². The topological polar surface area (TPSA) is 12.0 Å². The van der Waals surface area contributed by atoms with Gasteiger partial charge in [0.2, 0.25) is 0 Å². The molecule has 1 fully saturated rings. The zero-order chi connectivity index (χ0) is 10.3. The van der Waals surface area contributed by atoms with E-state index in [0.29, 0.717) is 6.04 Å². The summed E-state index contributed by atoms with van der Waals surface area (Å²) in [5.74, 6) is 0. The highest BCUT2D eigenvalue weighted by Crippen LogP contribution is 2.11. The molecule has 80 valence electrons. The molecule has 15 heavy (non-hydrogen) atoms. The number of hydrogen-bond donors (Lipinski definition) is 1. The lowest BCUT2D eigenvalue weighted by Gasteiger charge is -2.09. The van der Waals surface area contributed by atoms with Crippen LogP contribution in [0.25, 0.3) is 6.08 Å². The minimum Gasteiger partial charge on any atom is -0.311 e. The Balaban J connectivity index is 1.92. The van der Waals surface area contributed by atoms with Gasteiger partial charge in [-0.1, -0.05) is 55.3 Å². The van der Waals surface area contributed by atoms with Crippen LogP contribution in [0, 0.1) is 0 Å². The van der Waals surface area contributed by atoms with Crippen molar-refractivity contribution in [3.63, 3.8) is 0 Å². The average Bonchev–Trinajstić information content (AvgIpc) is 2.56. The summed E-state index contributed by atoms with van der Waals surface area (Å²) in [5.41, 5.74) is 1.29. The monoisotopic (exact) mass is 201 g/mol. The van der Waals surface area contributed by atoms with Crippen molar-refractivity contribution in [3.8, 4) is 0 Å². The number of rotatable bonds is 2. The summed E-state index contributed by atoms with van der Waals surface area (Å²) >= 11 is 0. The van der Waals surface area contributed by atoms with Gasteiger partial charge in [0.1, 0.15) is 0 Å². The van der Waals surface area contributed by atoms with Crippen LogP contribution < -0.4 is 5.32 Å². The molecule has 0 aliphatic carbocycles. The lowest BCUT2D eigenvalue weighted by atomic mass is 10.1. The summed E-state index contributed by atoms with van der Waals surface area (Å²) < 4.78 is 0. The molecule has 1 unspecified atom stereocenters. The van der Waals surface area contributed by atoms with Gasteiger partial charge in [-0.3, -0.25) is 0 Å². The molecule has 1 N–H and O–H groups in total. The zero-order valence-electron chi connectivity index (χ0n) is 9.15. The highest BCUT2D eigenvalue weighted by molar-refractivity contribution is 5.49. The number of hydrogen-bond acceptors (Lipinski definition) is 1. The predicted molar refractivity (Wildman–Crippen MR) is 65.7 cm³/mol. The van der Waals surface area contributed by atoms with Crippen LogP contribution in [0.5, 0.6) is 0 Å². The summed E-state index contributed by atoms with van der Waals surface area (Å²) in [4.78, 5) is 0. The fourth-order valence-electron chi connectivity index (χ4n) is 2.01. The van der Waals surface area contributed by atoms with Crippen LogP contribution in [0.4, 0.5) is 0 Å². The minimum absolute atomic E-state index is 0.577. The predicted octanol–water partition coefficient (Wildman–Crippen LogP) is 3.23. The number of nitrogens with one attached hydrogen (secondary N) is 1. The second kappa shape index (κ2) is 5.72. The van der Waals surface area contributed by atoms with Crippen molar-refractivity contribution in [1.82, 2.24) is 5.32 Å². The minimum atomic E-state index is 0.577. The summed E-state index contributed by atoms with van der Waals surface area (Å²) in [6.45, 7) is 1.17. The van der Waals surface area contributed by atoms with E-state index in [1.807, 2.05) is 0 Å². The van der Waals surface area contributed by atoms with Gasteiger partial charge >= 0.3 is 0 Å². The van der Waals surface area contributed by atoms with Gasteiger partial charge < -0.3 is 5.32 Å². The first kappa shape index (κ1) is 10.4. The van der Waals surface area contributed by atoms with E-state index >= 15 is 0 Å². The van der Waals surface area contributed by atoms with Gasteiger partial charge in [0, 0.05) is 6.04 Å². The highest BCUT2D eigenvalue weighted by Gasteiger charge is 2.06. The van der Waals surface area contributed by atoms with E-state index in [9.17, 15) is 0 Å². The molecule has 1 aliphatic rings. The van der Waals surface area contributed by atoms with Gasteiger partial charge in [-0.15, -0.1) is 0 Å². The van der Waals surface area contributed by atoms with E-state index in [-0.39, 0.29) is 0 Å². The molecule has 0 radical (unpaired) electrons. The van der Waals surface area contributed by atoms with E-state index in [1.54, 1.807) is 0 Å². The Morgan fingerprint density at radius 3 is 2.80 bits per heavy atom. The van der Waals surface area contributed by atoms with Crippen LogP contribution in [0.1, 0.15) is 31.2 Å². The third-order valence-corrected chi connectivity index (χ3v) is 2.92. The second-order valence-electron chi connectivity index (χ2n) is 4.18. The van der Waals surface area contributed by atoms with Crippen molar-refractivity contribution < 1.29 is 0 Å². The Kier molecular flexibility index (Phi) is 3.98. The molecule has 0 saturated carbocycles. The Morgan fingerprint density at radius 2 is 1.93 bits per heavy atom. The Bertz CT molecular complexity index is 294. The van der Waals surface area contributed by atoms with E-state index < -0.39 is 0 Å². The quantitative estimate of drug-likeness (QED) is 0.774. The molecule has 0 bridgehead atoms. The third kappa shape index (κ3) is 3.52. The maximum atomic E-state index is 3.57. The first-order chi connectivity index (χ1) is 7.45. The van der Waals surface area contributed by atoms with Gasteiger partial charge in [0.25, 0.3) is 0 Å². The summed E-state index contributed by atoms with van der Waals surface area (Å²) in [6, 6.07) is 11.1. The SMILES string of the molecule is C(=C\C1CCCCCN1)/c1ccccc1. The molecule has 0 amide bonds. The largest absolute Gasteiger partial charge is 0.311 e. The number of benzene rings is 1. The molecule has 1 heterocycles. The Morgan fingerprint density at radius 1 is 1.07 bits per heavy atom. The van der Waals surface area contributed by atoms with Crippen LogP contribution in [0.3, 0.4) is 0 Å². The molecule has 1 atom stereocenters. The average molecular weight is 201 g/mol. The molecule has 1 saturated heterocycles. The fourth-order valence-corrected chi connectivity index (χ4v) is 2.01. The van der Waals surface area contributed by atoms with Crippen LogP contribution in [0.2, 0.25) is 0 Å². The highest BCUT2D eigenvalue weighted by atomic mass is 14.9. The van der Waals surface area contributed by atoms with Crippen molar-refractivity contribution in [2.45, 2.75) is 31.7 Å². The molecular formula is C14H19N. The van der Waals surface area contributed by atoms with Gasteiger partial charge in [-0.2, -0.15) is 0 Å². The summed E-state index contributed by atoms with van der Waals surface area (Å²) in [5, 5.41) is 3.57. The van der Waals surface area contributed by atoms with Gasteiger partial charge in [-0.25, -0.2) is 0 Å². The van der Waals surface area contributed by atoms with Crippen molar-refractivity contribution in [3.05, 3.63) is 42.0 Å². The smallest absolute Gasteiger partial charge is 0.0253 e. The zero-order valence-corrected chi connectivity index (χ0v) is 9.15. The third-order valence-electron chi connectivity index (χ3n) is 2.92. The van der Waals surface area contributed by atoms with Gasteiger partial charge in [0.15, 0.2) is 0 Å². The van der Waals surface area contributed by atoms with Crippen LogP contribution in [-0.2, 0) is 0 Å². The van der Waals surface area contributed by atoms with Crippen molar-refractivity contribution in [2.24, 2.45) is 0 Å².